The van der Waals surface area contributed by atoms with Crippen LogP contribution in [0.4, 0.5) is 0 Å². The van der Waals surface area contributed by atoms with Crippen molar-refractivity contribution in [3.8, 4) is 17.2 Å². The summed E-state index contributed by atoms with van der Waals surface area (Å²) in [5.41, 5.74) is 0.697. The van der Waals surface area contributed by atoms with E-state index in [9.17, 15) is 5.11 Å². The quantitative estimate of drug-likeness (QED) is 0.550. The lowest BCUT2D eigenvalue weighted by Gasteiger charge is -2.02. The molecule has 0 spiro atoms. The minimum Gasteiger partial charge on any atom is -0.507 e. The van der Waals surface area contributed by atoms with Gasteiger partial charge in [0.15, 0.2) is 0 Å². The van der Waals surface area contributed by atoms with Crippen LogP contribution in [-0.4, -0.2) is 32.8 Å². The van der Waals surface area contributed by atoms with Crippen LogP contribution < -0.4 is 0 Å². The molecule has 0 radical (unpaired) electrons. The summed E-state index contributed by atoms with van der Waals surface area (Å²) in [7, 11) is 0. The molecule has 6 heteroatoms. The number of aliphatic imine (C=N–C) groups is 1. The first-order valence-corrected chi connectivity index (χ1v) is 8.63. The highest BCUT2D eigenvalue weighted by atomic mass is 127. The number of phenolic OH excluding ortho intramolecular Hbond substituents is 2. The van der Waals surface area contributed by atoms with Gasteiger partial charge in [-0.3, -0.25) is 4.99 Å². The summed E-state index contributed by atoms with van der Waals surface area (Å²) >= 11 is 2.07. The molecule has 4 rings (SSSR count). The first-order chi connectivity index (χ1) is 12.2. The monoisotopic (exact) mass is 447 g/mol. The van der Waals surface area contributed by atoms with E-state index in [1.807, 2.05) is 42.5 Å². The Labute approximate surface area is 160 Å². The smallest absolute Gasteiger partial charge is 0.141 e. The van der Waals surface area contributed by atoms with E-state index in [0.717, 1.165) is 10.1 Å². The van der Waals surface area contributed by atoms with E-state index in [4.69, 9.17) is 5.11 Å². The van der Waals surface area contributed by atoms with Crippen LogP contribution in [0.5, 0.6) is 11.5 Å². The average Bonchev–Trinajstić information content (AvgIpc) is 3.35. The maximum Gasteiger partial charge on any atom is 0.141 e. The molecule has 2 N–H and O–H groups in total. The maximum atomic E-state index is 9.42. The van der Waals surface area contributed by atoms with Crippen LogP contribution in [0.15, 0.2) is 84.1 Å². The zero-order valence-electron chi connectivity index (χ0n) is 13.4. The molecule has 0 bridgehead atoms. The van der Waals surface area contributed by atoms with Gasteiger partial charge in [0.2, 0.25) is 0 Å². The van der Waals surface area contributed by atoms with Crippen LogP contribution in [-0.2, 0) is 0 Å². The zero-order chi connectivity index (χ0) is 17.9. The fourth-order valence-electron chi connectivity index (χ4n) is 1.83. The third-order valence-corrected chi connectivity index (χ3v) is 3.94. The molecule has 0 aliphatic carbocycles. The molecule has 0 atom stereocenters. The Kier molecular flexibility index (Phi) is 7.71. The van der Waals surface area contributed by atoms with Crippen LogP contribution in [0.1, 0.15) is 0 Å². The Morgan fingerprint density at radius 1 is 0.920 bits per heavy atom. The van der Waals surface area contributed by atoms with E-state index < -0.39 is 0 Å². The van der Waals surface area contributed by atoms with Crippen LogP contribution >= 0.6 is 22.6 Å². The third kappa shape index (κ3) is 6.42. The predicted octanol–water partition coefficient (Wildman–Crippen LogP) is 4.20. The summed E-state index contributed by atoms with van der Waals surface area (Å²) in [6.45, 7) is 0.889. The number of benzene rings is 2. The Balaban J connectivity index is 0.000000149. The largest absolute Gasteiger partial charge is 0.507 e. The van der Waals surface area contributed by atoms with Crippen molar-refractivity contribution in [2.75, 3.05) is 6.54 Å². The molecular weight excluding hydrogens is 429 g/mol. The number of halogens is 1. The number of para-hydroxylation sites is 3. The molecule has 0 amide bonds. The van der Waals surface area contributed by atoms with Gasteiger partial charge in [0.25, 0.3) is 0 Å². The van der Waals surface area contributed by atoms with Gasteiger partial charge in [0.05, 0.1) is 10.1 Å². The van der Waals surface area contributed by atoms with Crippen molar-refractivity contribution in [2.24, 2.45) is 4.99 Å². The molecule has 0 saturated carbocycles. The minimum atomic E-state index is 0.237. The van der Waals surface area contributed by atoms with E-state index >= 15 is 0 Å². The van der Waals surface area contributed by atoms with E-state index in [2.05, 4.69) is 32.7 Å². The van der Waals surface area contributed by atoms with Gasteiger partial charge in [0.1, 0.15) is 17.2 Å². The number of aromatic hydroxyl groups is 2. The Morgan fingerprint density at radius 2 is 1.64 bits per heavy atom. The molecule has 0 fully saturated rings. The van der Waals surface area contributed by atoms with Gasteiger partial charge in [-0.15, -0.1) is 0 Å². The molecular formula is C19H18IN3O2. The highest BCUT2D eigenvalue weighted by Crippen LogP contribution is 2.19. The Morgan fingerprint density at radius 3 is 2.08 bits per heavy atom. The van der Waals surface area contributed by atoms with Gasteiger partial charge in [-0.05, 0) is 59.0 Å². The number of allylic oxidation sites excluding steroid dienone is 1. The molecule has 2 aromatic carbocycles. The van der Waals surface area contributed by atoms with Crippen molar-refractivity contribution in [1.82, 2.24) is 9.78 Å². The van der Waals surface area contributed by atoms with E-state index in [1.165, 1.54) is 0 Å². The zero-order valence-corrected chi connectivity index (χ0v) is 15.6. The SMILES string of the molecule is C1=CCN=C1.Oc1ccccc1-n1cccn1.Oc1ccccc1I. The topological polar surface area (TPSA) is 70.6 Å². The van der Waals surface area contributed by atoms with Crippen LogP contribution in [0.2, 0.25) is 0 Å². The number of phenols is 2. The molecule has 128 valence electrons. The molecule has 1 aromatic heterocycles. The summed E-state index contributed by atoms with van der Waals surface area (Å²) in [6.07, 6.45) is 9.22. The van der Waals surface area contributed by atoms with Gasteiger partial charge in [-0.1, -0.05) is 30.3 Å². The number of aromatic nitrogens is 2. The Hall–Kier alpha value is -2.61. The van der Waals surface area contributed by atoms with E-state index in [0.29, 0.717) is 11.4 Å². The number of rotatable bonds is 1. The third-order valence-electron chi connectivity index (χ3n) is 3.02. The molecule has 2 heterocycles. The summed E-state index contributed by atoms with van der Waals surface area (Å²) in [5, 5.41) is 22.3. The van der Waals surface area contributed by atoms with Crippen LogP contribution in [0.3, 0.4) is 0 Å². The van der Waals surface area contributed by atoms with Gasteiger partial charge < -0.3 is 10.2 Å². The molecule has 25 heavy (non-hydrogen) atoms. The molecule has 5 nitrogen and oxygen atoms in total. The number of nitrogens with zero attached hydrogens (tertiary/aromatic N) is 3. The highest BCUT2D eigenvalue weighted by Gasteiger charge is 1.99. The maximum absolute atomic E-state index is 9.42. The van der Waals surface area contributed by atoms with Gasteiger partial charge in [0, 0.05) is 18.6 Å². The summed E-state index contributed by atoms with van der Waals surface area (Å²) in [6, 6.07) is 16.1. The summed E-state index contributed by atoms with van der Waals surface area (Å²) in [4.78, 5) is 3.85. The lowest BCUT2D eigenvalue weighted by molar-refractivity contribution is 0.470. The molecule has 0 unspecified atom stereocenters. The second kappa shape index (κ2) is 10.3. The molecule has 3 aromatic rings. The number of hydrogen-bond donors (Lipinski definition) is 2. The van der Waals surface area contributed by atoms with Crippen molar-refractivity contribution >= 4 is 28.8 Å². The standard InChI is InChI=1S/C9H8N2O.C6H5IO.C4H5N/c12-9-5-2-1-4-8(9)11-7-3-6-10-11;7-5-3-1-2-4-6(5)8;1-2-4-5-3-1/h1-7,12H;1-4,8H;1-3H,4H2. The van der Waals surface area contributed by atoms with Crippen LogP contribution in [0.25, 0.3) is 5.69 Å². The Bertz CT molecular complexity index is 799. The van der Waals surface area contributed by atoms with Crippen molar-refractivity contribution in [2.45, 2.75) is 0 Å². The van der Waals surface area contributed by atoms with Crippen molar-refractivity contribution < 1.29 is 10.2 Å². The second-order valence-electron chi connectivity index (χ2n) is 4.83. The lowest BCUT2D eigenvalue weighted by Crippen LogP contribution is -1.93. The number of hydrogen-bond acceptors (Lipinski definition) is 4. The normalized spacial score (nSPS) is 11.2. The van der Waals surface area contributed by atoms with Crippen molar-refractivity contribution in [3.05, 3.63) is 82.7 Å². The second-order valence-corrected chi connectivity index (χ2v) is 6.00. The summed E-state index contributed by atoms with van der Waals surface area (Å²) in [5.74, 6) is 0.592. The van der Waals surface area contributed by atoms with E-state index in [1.54, 1.807) is 47.6 Å². The van der Waals surface area contributed by atoms with Gasteiger partial charge in [-0.25, -0.2) is 4.68 Å². The summed E-state index contributed by atoms with van der Waals surface area (Å²) < 4.78 is 2.51. The molecule has 1 aliphatic heterocycles. The predicted molar refractivity (Wildman–Crippen MR) is 109 cm³/mol. The van der Waals surface area contributed by atoms with Gasteiger partial charge >= 0.3 is 0 Å². The fourth-order valence-corrected chi connectivity index (χ4v) is 2.21. The van der Waals surface area contributed by atoms with Crippen molar-refractivity contribution in [1.29, 1.82) is 0 Å². The lowest BCUT2D eigenvalue weighted by atomic mass is 10.3. The highest BCUT2D eigenvalue weighted by molar-refractivity contribution is 14.1. The van der Waals surface area contributed by atoms with Crippen molar-refractivity contribution in [3.63, 3.8) is 0 Å². The van der Waals surface area contributed by atoms with Crippen LogP contribution in [0, 0.1) is 3.57 Å². The fraction of sp³-hybridized carbons (Fsp3) is 0.0526. The van der Waals surface area contributed by atoms with E-state index in [-0.39, 0.29) is 5.75 Å². The van der Waals surface area contributed by atoms with Gasteiger partial charge in [-0.2, -0.15) is 5.10 Å². The molecule has 1 aliphatic rings. The molecule has 0 saturated heterocycles. The average molecular weight is 447 g/mol. The first kappa shape index (κ1) is 18.7. The first-order valence-electron chi connectivity index (χ1n) is 7.55. The minimum absolute atomic E-state index is 0.237.